The van der Waals surface area contributed by atoms with Gasteiger partial charge in [-0.3, -0.25) is 10.1 Å². The van der Waals surface area contributed by atoms with E-state index < -0.39 is 0 Å². The molecule has 9 heteroatoms. The van der Waals surface area contributed by atoms with Crippen molar-refractivity contribution in [3.05, 3.63) is 65.4 Å². The summed E-state index contributed by atoms with van der Waals surface area (Å²) in [6, 6.07) is 12.9. The van der Waals surface area contributed by atoms with Crippen LogP contribution in [-0.4, -0.2) is 27.6 Å². The molecule has 0 spiro atoms. The highest BCUT2D eigenvalue weighted by Crippen LogP contribution is 2.33. The van der Waals surface area contributed by atoms with Gasteiger partial charge in [-0.2, -0.15) is 0 Å². The van der Waals surface area contributed by atoms with Gasteiger partial charge in [-0.25, -0.2) is 9.97 Å². The van der Waals surface area contributed by atoms with Crippen LogP contribution in [0, 0.1) is 6.92 Å². The Balaban J connectivity index is 1.48. The largest absolute Gasteiger partial charge is 0.493 e. The summed E-state index contributed by atoms with van der Waals surface area (Å²) in [6.07, 6.45) is 1.55. The van der Waals surface area contributed by atoms with Crippen molar-refractivity contribution in [3.63, 3.8) is 0 Å². The highest BCUT2D eigenvalue weighted by molar-refractivity contribution is 7.14. The van der Waals surface area contributed by atoms with E-state index in [0.29, 0.717) is 39.8 Å². The van der Waals surface area contributed by atoms with Crippen molar-refractivity contribution in [2.24, 2.45) is 0 Å². The molecule has 0 atom stereocenters. The number of rotatable bonds is 6. The molecule has 4 heterocycles. The number of amides is 1. The van der Waals surface area contributed by atoms with Gasteiger partial charge in [0.25, 0.3) is 11.6 Å². The Kier molecular flexibility index (Phi) is 5.16. The predicted octanol–water partition coefficient (Wildman–Crippen LogP) is 5.57. The molecular formula is C23H18N4O4S. The summed E-state index contributed by atoms with van der Waals surface area (Å²) in [5.41, 5.74) is 3.31. The minimum Gasteiger partial charge on any atom is -0.493 e. The van der Waals surface area contributed by atoms with Crippen molar-refractivity contribution in [2.45, 2.75) is 13.8 Å². The standard InChI is InChI=1S/C23H18N4O4S/c1-3-29-18-8-5-4-7-14(18)17-12-32-23(25-17)26-21(28)15-11-16(19-9-6-10-30-19)24-22-20(15)13(2)27-31-22/h4-12H,3H2,1-2H3,(H,25,26,28). The molecule has 0 unspecified atom stereocenters. The Morgan fingerprint density at radius 1 is 1.16 bits per heavy atom. The number of thiazole rings is 1. The maximum Gasteiger partial charge on any atom is 0.259 e. The number of furan rings is 1. The molecule has 0 fully saturated rings. The number of anilines is 1. The van der Waals surface area contributed by atoms with Gasteiger partial charge in [-0.15, -0.1) is 11.3 Å². The Labute approximate surface area is 186 Å². The van der Waals surface area contributed by atoms with E-state index in [1.54, 1.807) is 31.4 Å². The summed E-state index contributed by atoms with van der Waals surface area (Å²) in [7, 11) is 0. The summed E-state index contributed by atoms with van der Waals surface area (Å²) >= 11 is 1.34. The van der Waals surface area contributed by atoms with Gasteiger partial charge in [0.1, 0.15) is 11.4 Å². The van der Waals surface area contributed by atoms with E-state index in [2.05, 4.69) is 20.4 Å². The number of ether oxygens (including phenoxy) is 1. The third-order valence-electron chi connectivity index (χ3n) is 4.82. The van der Waals surface area contributed by atoms with Crippen LogP contribution in [0.25, 0.3) is 33.8 Å². The Morgan fingerprint density at radius 2 is 2.03 bits per heavy atom. The predicted molar refractivity (Wildman–Crippen MR) is 121 cm³/mol. The van der Waals surface area contributed by atoms with Crippen molar-refractivity contribution in [3.8, 4) is 28.5 Å². The lowest BCUT2D eigenvalue weighted by Gasteiger charge is -2.07. The first-order valence-corrected chi connectivity index (χ1v) is 10.8. The number of nitrogens with zero attached hydrogens (tertiary/aromatic N) is 3. The smallest absolute Gasteiger partial charge is 0.259 e. The molecule has 0 aliphatic carbocycles. The van der Waals surface area contributed by atoms with Gasteiger partial charge in [0, 0.05) is 10.9 Å². The number of pyridine rings is 1. The van der Waals surface area contributed by atoms with Gasteiger partial charge in [0.05, 0.1) is 35.2 Å². The van der Waals surface area contributed by atoms with Crippen LogP contribution >= 0.6 is 11.3 Å². The monoisotopic (exact) mass is 446 g/mol. The van der Waals surface area contributed by atoms with Crippen LogP contribution in [-0.2, 0) is 0 Å². The molecule has 1 N–H and O–H groups in total. The van der Waals surface area contributed by atoms with E-state index in [1.807, 2.05) is 36.6 Å². The van der Waals surface area contributed by atoms with E-state index in [1.165, 1.54) is 11.3 Å². The van der Waals surface area contributed by atoms with Crippen LogP contribution in [0.2, 0.25) is 0 Å². The zero-order chi connectivity index (χ0) is 22.1. The van der Waals surface area contributed by atoms with E-state index >= 15 is 0 Å². The second-order valence-electron chi connectivity index (χ2n) is 6.90. The quantitative estimate of drug-likeness (QED) is 0.364. The molecule has 5 aromatic rings. The molecule has 160 valence electrons. The minimum atomic E-state index is -0.338. The maximum atomic E-state index is 13.2. The van der Waals surface area contributed by atoms with E-state index in [0.717, 1.165) is 17.0 Å². The van der Waals surface area contributed by atoms with Crippen LogP contribution in [0.3, 0.4) is 0 Å². The topological polar surface area (TPSA) is 103 Å². The van der Waals surface area contributed by atoms with Crippen LogP contribution in [0.1, 0.15) is 23.0 Å². The van der Waals surface area contributed by atoms with E-state index in [4.69, 9.17) is 13.7 Å². The third kappa shape index (κ3) is 3.63. The lowest BCUT2D eigenvalue weighted by Crippen LogP contribution is -2.13. The van der Waals surface area contributed by atoms with Crippen molar-refractivity contribution in [1.82, 2.24) is 15.1 Å². The number of benzene rings is 1. The molecule has 0 saturated carbocycles. The van der Waals surface area contributed by atoms with Crippen molar-refractivity contribution in [2.75, 3.05) is 11.9 Å². The molecule has 0 bridgehead atoms. The number of hydrogen-bond donors (Lipinski definition) is 1. The van der Waals surface area contributed by atoms with Crippen molar-refractivity contribution in [1.29, 1.82) is 0 Å². The van der Waals surface area contributed by atoms with Gasteiger partial charge in [0.2, 0.25) is 0 Å². The average Bonchev–Trinajstić information content (AvgIpc) is 3.56. The molecule has 0 radical (unpaired) electrons. The number of aromatic nitrogens is 3. The van der Waals surface area contributed by atoms with Crippen LogP contribution in [0.15, 0.2) is 63.0 Å². The first kappa shape index (κ1) is 20.0. The first-order chi connectivity index (χ1) is 15.6. The molecular weight excluding hydrogens is 428 g/mol. The van der Waals surface area contributed by atoms with E-state index in [9.17, 15) is 4.79 Å². The number of aryl methyl sites for hydroxylation is 1. The Morgan fingerprint density at radius 3 is 2.84 bits per heavy atom. The third-order valence-corrected chi connectivity index (χ3v) is 5.58. The summed E-state index contributed by atoms with van der Waals surface area (Å²) in [6.45, 7) is 4.25. The number of nitrogens with one attached hydrogen (secondary N) is 1. The second-order valence-corrected chi connectivity index (χ2v) is 7.76. The molecule has 1 aromatic carbocycles. The van der Waals surface area contributed by atoms with Gasteiger partial charge in [-0.05, 0) is 44.2 Å². The molecule has 0 aliphatic rings. The fourth-order valence-corrected chi connectivity index (χ4v) is 4.11. The van der Waals surface area contributed by atoms with E-state index in [-0.39, 0.29) is 11.6 Å². The second kappa shape index (κ2) is 8.27. The van der Waals surface area contributed by atoms with Crippen LogP contribution in [0.4, 0.5) is 5.13 Å². The zero-order valence-corrected chi connectivity index (χ0v) is 18.1. The number of hydrogen-bond acceptors (Lipinski definition) is 8. The highest BCUT2D eigenvalue weighted by Gasteiger charge is 2.21. The van der Waals surface area contributed by atoms with Gasteiger partial charge in [-0.1, -0.05) is 17.3 Å². The number of carbonyl (C=O) groups is 1. The molecule has 4 aromatic heterocycles. The van der Waals surface area contributed by atoms with Crippen LogP contribution < -0.4 is 10.1 Å². The maximum absolute atomic E-state index is 13.2. The number of carbonyl (C=O) groups excluding carboxylic acids is 1. The Hall–Kier alpha value is -3.98. The summed E-state index contributed by atoms with van der Waals surface area (Å²) in [5.74, 6) is 0.937. The highest BCUT2D eigenvalue weighted by atomic mass is 32.1. The summed E-state index contributed by atoms with van der Waals surface area (Å²) in [5, 5.41) is 9.75. The molecule has 0 saturated heterocycles. The normalized spacial score (nSPS) is 11.1. The summed E-state index contributed by atoms with van der Waals surface area (Å²) < 4.78 is 16.4. The zero-order valence-electron chi connectivity index (χ0n) is 17.3. The minimum absolute atomic E-state index is 0.270. The molecule has 0 aliphatic heterocycles. The Bertz CT molecular complexity index is 1400. The fourth-order valence-electron chi connectivity index (χ4n) is 3.40. The summed E-state index contributed by atoms with van der Waals surface area (Å²) in [4.78, 5) is 22.2. The van der Waals surface area contributed by atoms with Crippen molar-refractivity contribution < 1.29 is 18.5 Å². The van der Waals surface area contributed by atoms with Gasteiger partial charge >= 0.3 is 0 Å². The van der Waals surface area contributed by atoms with Crippen molar-refractivity contribution >= 4 is 33.5 Å². The lowest BCUT2D eigenvalue weighted by molar-refractivity contribution is 0.102. The fraction of sp³-hybridized carbons (Fsp3) is 0.130. The molecule has 1 amide bonds. The average molecular weight is 446 g/mol. The lowest BCUT2D eigenvalue weighted by atomic mass is 10.1. The van der Waals surface area contributed by atoms with Gasteiger partial charge in [0.15, 0.2) is 10.9 Å². The SMILES string of the molecule is CCOc1ccccc1-c1csc(NC(=O)c2cc(-c3ccco3)nc3onc(C)c23)n1. The number of para-hydroxylation sites is 1. The van der Waals surface area contributed by atoms with Crippen LogP contribution in [0.5, 0.6) is 5.75 Å². The molecule has 5 rings (SSSR count). The van der Waals surface area contributed by atoms with Gasteiger partial charge < -0.3 is 13.7 Å². The molecule has 8 nitrogen and oxygen atoms in total. The molecule has 32 heavy (non-hydrogen) atoms. The first-order valence-electron chi connectivity index (χ1n) is 9.94. The number of fused-ring (bicyclic) bond motifs is 1.